The van der Waals surface area contributed by atoms with Crippen molar-refractivity contribution < 1.29 is 4.79 Å². The molecule has 4 nitrogen and oxygen atoms in total. The molecule has 0 bridgehead atoms. The molecular formula is C13H15N3O. The number of nitrogens with zero attached hydrogens (tertiary/aromatic N) is 2. The van der Waals surface area contributed by atoms with Gasteiger partial charge in [-0.05, 0) is 37.1 Å². The zero-order valence-corrected chi connectivity index (χ0v) is 10.2. The summed E-state index contributed by atoms with van der Waals surface area (Å²) < 4.78 is 1.56. The van der Waals surface area contributed by atoms with Gasteiger partial charge in [0.1, 0.15) is 5.69 Å². The minimum Gasteiger partial charge on any atom is -0.320 e. The summed E-state index contributed by atoms with van der Waals surface area (Å²) in [6.07, 6.45) is 1.61. The first-order valence-electron chi connectivity index (χ1n) is 5.44. The average molecular weight is 229 g/mol. The lowest BCUT2D eigenvalue weighted by molar-refractivity contribution is 0.101. The number of hydrogen-bond donors (Lipinski definition) is 1. The predicted octanol–water partition coefficient (Wildman–Crippen LogP) is 2.29. The highest BCUT2D eigenvalue weighted by molar-refractivity contribution is 6.03. The largest absolute Gasteiger partial charge is 0.320 e. The Kier molecular flexibility index (Phi) is 2.95. The summed E-state index contributed by atoms with van der Waals surface area (Å²) in [4.78, 5) is 12.0. The van der Waals surface area contributed by atoms with E-state index < -0.39 is 0 Å². The Bertz CT molecular complexity index is 558. The molecule has 1 amide bonds. The Morgan fingerprint density at radius 1 is 1.29 bits per heavy atom. The molecule has 0 radical (unpaired) electrons. The summed E-state index contributed by atoms with van der Waals surface area (Å²) in [5.74, 6) is -0.140. The molecule has 1 heterocycles. The molecule has 0 saturated carbocycles. The van der Waals surface area contributed by atoms with E-state index in [0.29, 0.717) is 5.69 Å². The summed E-state index contributed by atoms with van der Waals surface area (Å²) in [5.41, 5.74) is 3.56. The van der Waals surface area contributed by atoms with Crippen molar-refractivity contribution in [2.45, 2.75) is 13.8 Å². The Labute approximate surface area is 100 Å². The lowest BCUT2D eigenvalue weighted by atomic mass is 10.1. The van der Waals surface area contributed by atoms with E-state index in [4.69, 9.17) is 0 Å². The van der Waals surface area contributed by atoms with Crippen molar-refractivity contribution in [1.29, 1.82) is 0 Å². The first kappa shape index (κ1) is 11.4. The smallest absolute Gasteiger partial charge is 0.273 e. The molecule has 0 aliphatic heterocycles. The van der Waals surface area contributed by atoms with Crippen LogP contribution in [0, 0.1) is 13.8 Å². The number of aryl methyl sites for hydroxylation is 3. The second kappa shape index (κ2) is 4.41. The number of carbonyl (C=O) groups is 1. The van der Waals surface area contributed by atoms with Crippen molar-refractivity contribution in [3.05, 3.63) is 47.3 Å². The van der Waals surface area contributed by atoms with Gasteiger partial charge in [-0.25, -0.2) is 0 Å². The van der Waals surface area contributed by atoms with Crippen LogP contribution in [0.3, 0.4) is 0 Å². The fourth-order valence-electron chi connectivity index (χ4n) is 1.65. The summed E-state index contributed by atoms with van der Waals surface area (Å²) >= 11 is 0. The Hall–Kier alpha value is -2.10. The molecule has 17 heavy (non-hydrogen) atoms. The number of amides is 1. The molecule has 0 atom stereocenters. The van der Waals surface area contributed by atoms with Crippen LogP contribution in [0.4, 0.5) is 5.69 Å². The van der Waals surface area contributed by atoms with Crippen molar-refractivity contribution in [1.82, 2.24) is 9.78 Å². The molecule has 0 fully saturated rings. The molecule has 1 aromatic carbocycles. The molecule has 88 valence electrons. The number of benzene rings is 1. The van der Waals surface area contributed by atoms with Crippen LogP contribution in [-0.4, -0.2) is 15.7 Å². The lowest BCUT2D eigenvalue weighted by Crippen LogP contribution is -2.16. The van der Waals surface area contributed by atoms with Gasteiger partial charge >= 0.3 is 0 Å². The molecular weight excluding hydrogens is 214 g/mol. The van der Waals surface area contributed by atoms with Crippen molar-refractivity contribution in [3.63, 3.8) is 0 Å². The predicted molar refractivity (Wildman–Crippen MR) is 67.1 cm³/mol. The van der Waals surface area contributed by atoms with Gasteiger partial charge in [-0.15, -0.1) is 0 Å². The zero-order chi connectivity index (χ0) is 12.4. The second-order valence-electron chi connectivity index (χ2n) is 4.11. The minimum absolute atomic E-state index is 0.140. The van der Waals surface area contributed by atoms with E-state index in [1.54, 1.807) is 24.0 Å². The summed E-state index contributed by atoms with van der Waals surface area (Å²) in [5, 5.41) is 6.87. The Morgan fingerprint density at radius 3 is 2.71 bits per heavy atom. The van der Waals surface area contributed by atoms with Crippen LogP contribution >= 0.6 is 0 Å². The topological polar surface area (TPSA) is 46.9 Å². The summed E-state index contributed by atoms with van der Waals surface area (Å²) in [6, 6.07) is 7.67. The van der Waals surface area contributed by atoms with Gasteiger partial charge < -0.3 is 5.32 Å². The molecule has 4 heteroatoms. The molecule has 0 aliphatic rings. The monoisotopic (exact) mass is 229 g/mol. The van der Waals surface area contributed by atoms with Gasteiger partial charge in [0.2, 0.25) is 0 Å². The standard InChI is InChI=1S/C13H15N3O/c1-9-4-5-10(2)11(8-9)15-13(17)12-6-7-14-16(12)3/h4-8H,1-3H3,(H,15,17). The van der Waals surface area contributed by atoms with Crippen molar-refractivity contribution in [2.24, 2.45) is 7.05 Å². The van der Waals surface area contributed by atoms with Gasteiger partial charge in [-0.1, -0.05) is 12.1 Å². The van der Waals surface area contributed by atoms with Gasteiger partial charge in [0.15, 0.2) is 0 Å². The van der Waals surface area contributed by atoms with Crippen LogP contribution in [0.25, 0.3) is 0 Å². The quantitative estimate of drug-likeness (QED) is 0.858. The number of rotatable bonds is 2. The first-order valence-corrected chi connectivity index (χ1v) is 5.44. The van der Waals surface area contributed by atoms with Gasteiger partial charge in [0.25, 0.3) is 5.91 Å². The average Bonchev–Trinajstić information content (AvgIpc) is 2.70. The maximum Gasteiger partial charge on any atom is 0.273 e. The van der Waals surface area contributed by atoms with E-state index in [1.807, 2.05) is 32.0 Å². The Balaban J connectivity index is 2.24. The summed E-state index contributed by atoms with van der Waals surface area (Å²) in [7, 11) is 1.75. The lowest BCUT2D eigenvalue weighted by Gasteiger charge is -2.09. The van der Waals surface area contributed by atoms with E-state index in [-0.39, 0.29) is 5.91 Å². The highest BCUT2D eigenvalue weighted by Crippen LogP contribution is 2.17. The zero-order valence-electron chi connectivity index (χ0n) is 10.2. The second-order valence-corrected chi connectivity index (χ2v) is 4.11. The SMILES string of the molecule is Cc1ccc(C)c(NC(=O)c2ccnn2C)c1. The third-order valence-corrected chi connectivity index (χ3v) is 2.69. The van der Waals surface area contributed by atoms with Gasteiger partial charge in [-0.2, -0.15) is 5.10 Å². The van der Waals surface area contributed by atoms with Crippen LogP contribution in [0.15, 0.2) is 30.5 Å². The molecule has 0 aliphatic carbocycles. The maximum atomic E-state index is 12.0. The van der Waals surface area contributed by atoms with Crippen molar-refractivity contribution >= 4 is 11.6 Å². The van der Waals surface area contributed by atoms with Crippen LogP contribution in [0.2, 0.25) is 0 Å². The third-order valence-electron chi connectivity index (χ3n) is 2.69. The minimum atomic E-state index is -0.140. The van der Waals surface area contributed by atoms with E-state index in [2.05, 4.69) is 10.4 Å². The molecule has 1 N–H and O–H groups in total. The van der Waals surface area contributed by atoms with Crippen LogP contribution < -0.4 is 5.32 Å². The molecule has 0 spiro atoms. The van der Waals surface area contributed by atoms with Crippen molar-refractivity contribution in [3.8, 4) is 0 Å². The van der Waals surface area contributed by atoms with Gasteiger partial charge in [0, 0.05) is 18.9 Å². The number of hydrogen-bond acceptors (Lipinski definition) is 2. The molecule has 2 aromatic rings. The van der Waals surface area contributed by atoms with E-state index in [0.717, 1.165) is 16.8 Å². The van der Waals surface area contributed by atoms with Gasteiger partial charge in [-0.3, -0.25) is 9.48 Å². The summed E-state index contributed by atoms with van der Waals surface area (Å²) in [6.45, 7) is 3.97. The molecule has 2 rings (SSSR count). The first-order chi connectivity index (χ1) is 8.08. The third kappa shape index (κ3) is 2.36. The number of anilines is 1. The van der Waals surface area contributed by atoms with Crippen LogP contribution in [-0.2, 0) is 7.05 Å². The number of aromatic nitrogens is 2. The highest BCUT2D eigenvalue weighted by Gasteiger charge is 2.10. The fourth-order valence-corrected chi connectivity index (χ4v) is 1.65. The van der Waals surface area contributed by atoms with Crippen LogP contribution in [0.1, 0.15) is 21.6 Å². The highest BCUT2D eigenvalue weighted by atomic mass is 16.2. The van der Waals surface area contributed by atoms with E-state index in [1.165, 1.54) is 0 Å². The maximum absolute atomic E-state index is 12.0. The fraction of sp³-hybridized carbons (Fsp3) is 0.231. The Morgan fingerprint density at radius 2 is 2.06 bits per heavy atom. The molecule has 0 saturated heterocycles. The number of nitrogens with one attached hydrogen (secondary N) is 1. The van der Waals surface area contributed by atoms with E-state index >= 15 is 0 Å². The van der Waals surface area contributed by atoms with E-state index in [9.17, 15) is 4.79 Å². The normalized spacial score (nSPS) is 10.3. The number of carbonyl (C=O) groups excluding carboxylic acids is 1. The molecule has 0 unspecified atom stereocenters. The van der Waals surface area contributed by atoms with Crippen LogP contribution in [0.5, 0.6) is 0 Å². The van der Waals surface area contributed by atoms with Gasteiger partial charge in [0.05, 0.1) is 0 Å². The molecule has 1 aromatic heterocycles. The van der Waals surface area contributed by atoms with Crippen molar-refractivity contribution in [2.75, 3.05) is 5.32 Å².